The fourth-order valence-electron chi connectivity index (χ4n) is 1.86. The highest BCUT2D eigenvalue weighted by atomic mass is 19.1. The van der Waals surface area contributed by atoms with Gasteiger partial charge in [-0.15, -0.1) is 0 Å². The first-order chi connectivity index (χ1) is 9.99. The van der Waals surface area contributed by atoms with Gasteiger partial charge in [-0.2, -0.15) is 4.39 Å². The molecule has 0 unspecified atom stereocenters. The third kappa shape index (κ3) is 3.57. The molecule has 0 spiro atoms. The molecule has 0 aliphatic heterocycles. The molecule has 1 atom stereocenters. The number of nitrogens with one attached hydrogen (secondary N) is 1. The van der Waals surface area contributed by atoms with Crippen LogP contribution in [-0.4, -0.2) is 9.91 Å². The SMILES string of the molecule is C[C@@H](NCc1cc([N+](=O)[O-])c(F)cc1F)c1ccccn1. The van der Waals surface area contributed by atoms with E-state index >= 15 is 0 Å². The van der Waals surface area contributed by atoms with Gasteiger partial charge in [0.1, 0.15) is 5.82 Å². The van der Waals surface area contributed by atoms with E-state index in [-0.39, 0.29) is 18.2 Å². The summed E-state index contributed by atoms with van der Waals surface area (Å²) < 4.78 is 26.9. The van der Waals surface area contributed by atoms with Crippen LogP contribution in [0.3, 0.4) is 0 Å². The molecule has 5 nitrogen and oxygen atoms in total. The van der Waals surface area contributed by atoms with E-state index in [4.69, 9.17) is 0 Å². The number of hydrogen-bond donors (Lipinski definition) is 1. The van der Waals surface area contributed by atoms with E-state index < -0.39 is 22.2 Å². The number of rotatable bonds is 5. The van der Waals surface area contributed by atoms with Crippen LogP contribution in [0.4, 0.5) is 14.5 Å². The Kier molecular flexibility index (Phi) is 4.54. The first-order valence-corrected chi connectivity index (χ1v) is 6.25. The highest BCUT2D eigenvalue weighted by Crippen LogP contribution is 2.22. The summed E-state index contributed by atoms with van der Waals surface area (Å²) in [5.41, 5.74) is 0.0547. The Labute approximate surface area is 119 Å². The summed E-state index contributed by atoms with van der Waals surface area (Å²) in [7, 11) is 0. The summed E-state index contributed by atoms with van der Waals surface area (Å²) in [5.74, 6) is -2.00. The fraction of sp³-hybridized carbons (Fsp3) is 0.214. The van der Waals surface area contributed by atoms with Crippen LogP contribution in [-0.2, 0) is 6.54 Å². The molecule has 1 aromatic heterocycles. The third-order valence-corrected chi connectivity index (χ3v) is 3.04. The van der Waals surface area contributed by atoms with Gasteiger partial charge in [0, 0.05) is 36.5 Å². The molecule has 1 heterocycles. The lowest BCUT2D eigenvalue weighted by atomic mass is 10.1. The quantitative estimate of drug-likeness (QED) is 0.679. The second kappa shape index (κ2) is 6.36. The van der Waals surface area contributed by atoms with Crippen LogP contribution in [0.5, 0.6) is 0 Å². The van der Waals surface area contributed by atoms with E-state index in [0.29, 0.717) is 6.07 Å². The van der Waals surface area contributed by atoms with Crippen molar-refractivity contribution < 1.29 is 13.7 Å². The monoisotopic (exact) mass is 293 g/mol. The molecule has 21 heavy (non-hydrogen) atoms. The van der Waals surface area contributed by atoms with Gasteiger partial charge in [0.2, 0.25) is 5.82 Å². The summed E-state index contributed by atoms with van der Waals surface area (Å²) >= 11 is 0. The lowest BCUT2D eigenvalue weighted by Gasteiger charge is -2.13. The molecule has 0 amide bonds. The molecule has 0 aliphatic carbocycles. The average Bonchev–Trinajstić information content (AvgIpc) is 2.46. The lowest BCUT2D eigenvalue weighted by molar-refractivity contribution is -0.387. The van der Waals surface area contributed by atoms with Crippen LogP contribution < -0.4 is 5.32 Å². The van der Waals surface area contributed by atoms with E-state index in [2.05, 4.69) is 10.3 Å². The number of nitro groups is 1. The molecule has 110 valence electrons. The van der Waals surface area contributed by atoms with Gasteiger partial charge in [-0.05, 0) is 19.1 Å². The van der Waals surface area contributed by atoms with E-state index in [1.54, 1.807) is 18.3 Å². The molecule has 0 fully saturated rings. The predicted molar refractivity (Wildman–Crippen MR) is 72.5 cm³/mol. The molecule has 2 rings (SSSR count). The van der Waals surface area contributed by atoms with Crippen LogP contribution in [0.15, 0.2) is 36.5 Å². The van der Waals surface area contributed by atoms with Gasteiger partial charge in [-0.1, -0.05) is 6.07 Å². The second-order valence-electron chi connectivity index (χ2n) is 4.51. The largest absolute Gasteiger partial charge is 0.305 e. The van der Waals surface area contributed by atoms with E-state index in [9.17, 15) is 18.9 Å². The molecule has 0 saturated carbocycles. The third-order valence-electron chi connectivity index (χ3n) is 3.04. The Morgan fingerprint density at radius 3 is 2.71 bits per heavy atom. The first kappa shape index (κ1) is 15.0. The fourth-order valence-corrected chi connectivity index (χ4v) is 1.86. The Balaban J connectivity index is 2.13. The molecule has 1 aromatic carbocycles. The topological polar surface area (TPSA) is 68.1 Å². The summed E-state index contributed by atoms with van der Waals surface area (Å²) in [5, 5.41) is 13.7. The molecule has 0 saturated heterocycles. The van der Waals surface area contributed by atoms with Crippen LogP contribution >= 0.6 is 0 Å². The van der Waals surface area contributed by atoms with Crippen molar-refractivity contribution in [2.75, 3.05) is 0 Å². The van der Waals surface area contributed by atoms with Gasteiger partial charge in [-0.3, -0.25) is 15.1 Å². The maximum atomic E-state index is 13.6. The second-order valence-corrected chi connectivity index (χ2v) is 4.51. The van der Waals surface area contributed by atoms with Crippen LogP contribution in [0.25, 0.3) is 0 Å². The number of nitro benzene ring substituents is 1. The van der Waals surface area contributed by atoms with Crippen molar-refractivity contribution in [2.45, 2.75) is 19.5 Å². The van der Waals surface area contributed by atoms with Gasteiger partial charge in [0.25, 0.3) is 0 Å². The van der Waals surface area contributed by atoms with E-state index in [1.165, 1.54) is 0 Å². The zero-order valence-corrected chi connectivity index (χ0v) is 11.2. The van der Waals surface area contributed by atoms with Crippen molar-refractivity contribution in [3.8, 4) is 0 Å². The Bertz CT molecular complexity index is 650. The number of hydrogen-bond acceptors (Lipinski definition) is 4. The lowest BCUT2D eigenvalue weighted by Crippen LogP contribution is -2.19. The number of aromatic nitrogens is 1. The van der Waals surface area contributed by atoms with Gasteiger partial charge >= 0.3 is 5.69 Å². The van der Waals surface area contributed by atoms with Crippen molar-refractivity contribution in [3.05, 3.63) is 69.5 Å². The highest BCUT2D eigenvalue weighted by Gasteiger charge is 2.18. The average molecular weight is 293 g/mol. The summed E-state index contributed by atoms with van der Waals surface area (Å²) in [6.45, 7) is 1.86. The van der Waals surface area contributed by atoms with E-state index in [0.717, 1.165) is 11.8 Å². The van der Waals surface area contributed by atoms with Gasteiger partial charge in [-0.25, -0.2) is 4.39 Å². The Morgan fingerprint density at radius 2 is 2.10 bits per heavy atom. The van der Waals surface area contributed by atoms with Crippen molar-refractivity contribution in [1.82, 2.24) is 10.3 Å². The number of pyridine rings is 1. The maximum Gasteiger partial charge on any atom is 0.305 e. The molecule has 1 N–H and O–H groups in total. The number of benzene rings is 1. The molecule has 2 aromatic rings. The normalized spacial score (nSPS) is 12.1. The standard InChI is InChI=1S/C14H13F2N3O2/c1-9(13-4-2-3-5-17-13)18-8-10-6-14(19(20)21)12(16)7-11(10)15/h2-7,9,18H,8H2,1H3/t9-/m1/s1. The Morgan fingerprint density at radius 1 is 1.33 bits per heavy atom. The van der Waals surface area contributed by atoms with Crippen LogP contribution in [0.1, 0.15) is 24.2 Å². The summed E-state index contributed by atoms with van der Waals surface area (Å²) in [6.07, 6.45) is 1.64. The zero-order chi connectivity index (χ0) is 15.4. The Hall–Kier alpha value is -2.41. The maximum absolute atomic E-state index is 13.6. The minimum Gasteiger partial charge on any atom is -0.305 e. The summed E-state index contributed by atoms with van der Waals surface area (Å²) in [4.78, 5) is 13.9. The molecular weight excluding hydrogens is 280 g/mol. The minimum absolute atomic E-state index is 0.0324. The van der Waals surface area contributed by atoms with Gasteiger partial charge in [0.05, 0.1) is 10.6 Å². The molecular formula is C14H13F2N3O2. The van der Waals surface area contributed by atoms with Crippen molar-refractivity contribution in [1.29, 1.82) is 0 Å². The van der Waals surface area contributed by atoms with Crippen molar-refractivity contribution in [3.63, 3.8) is 0 Å². The van der Waals surface area contributed by atoms with Crippen molar-refractivity contribution in [2.24, 2.45) is 0 Å². The first-order valence-electron chi connectivity index (χ1n) is 6.25. The smallest absolute Gasteiger partial charge is 0.305 e. The molecule has 0 bridgehead atoms. The zero-order valence-electron chi connectivity index (χ0n) is 11.2. The minimum atomic E-state index is -1.18. The number of nitrogens with zero attached hydrogens (tertiary/aromatic N) is 2. The number of halogens is 2. The van der Waals surface area contributed by atoms with Crippen LogP contribution in [0.2, 0.25) is 0 Å². The summed E-state index contributed by atoms with van der Waals surface area (Å²) in [6, 6.07) is 6.67. The molecule has 0 aliphatic rings. The predicted octanol–water partition coefficient (Wildman–Crippen LogP) is 3.12. The van der Waals surface area contributed by atoms with Crippen LogP contribution in [0, 0.1) is 21.7 Å². The molecule has 7 heteroatoms. The van der Waals surface area contributed by atoms with E-state index in [1.807, 2.05) is 13.0 Å². The molecule has 0 radical (unpaired) electrons. The van der Waals surface area contributed by atoms with Gasteiger partial charge < -0.3 is 5.32 Å². The van der Waals surface area contributed by atoms with Gasteiger partial charge in [0.15, 0.2) is 0 Å². The highest BCUT2D eigenvalue weighted by molar-refractivity contribution is 5.37. The van der Waals surface area contributed by atoms with Crippen molar-refractivity contribution >= 4 is 5.69 Å².